The van der Waals surface area contributed by atoms with E-state index in [1.165, 1.54) is 6.07 Å². The van der Waals surface area contributed by atoms with E-state index in [1.54, 1.807) is 12.1 Å². The Hall–Kier alpha value is -0.290. The van der Waals surface area contributed by atoms with Gasteiger partial charge in [0.2, 0.25) is 10.0 Å². The zero-order valence-electron chi connectivity index (χ0n) is 9.28. The van der Waals surface area contributed by atoms with Crippen molar-refractivity contribution in [3.8, 4) is 0 Å². The molecule has 0 spiro atoms. The fourth-order valence-corrected chi connectivity index (χ4v) is 3.77. The highest BCUT2D eigenvalue weighted by Gasteiger charge is 2.32. The summed E-state index contributed by atoms with van der Waals surface area (Å²) in [5, 5.41) is 0.318. The third-order valence-electron chi connectivity index (χ3n) is 2.88. The standard InChI is InChI=1S/C11H13Cl2NO2S/c1-7(8-5-6-8)14-17(15,16)10-4-2-3-9(12)11(10)13/h2-4,7-8,14H,5-6H2,1H3/t7-/m0/s1. The second-order valence-electron chi connectivity index (χ2n) is 4.30. The number of benzene rings is 1. The highest BCUT2D eigenvalue weighted by Crippen LogP contribution is 2.34. The van der Waals surface area contributed by atoms with Gasteiger partial charge in [0.05, 0.1) is 10.0 Å². The van der Waals surface area contributed by atoms with Crippen molar-refractivity contribution in [1.29, 1.82) is 0 Å². The van der Waals surface area contributed by atoms with E-state index in [9.17, 15) is 8.42 Å². The number of hydrogen-bond acceptors (Lipinski definition) is 2. The van der Waals surface area contributed by atoms with Gasteiger partial charge in [-0.1, -0.05) is 29.3 Å². The largest absolute Gasteiger partial charge is 0.242 e. The van der Waals surface area contributed by atoms with Crippen LogP contribution in [0.15, 0.2) is 23.1 Å². The summed E-state index contributed by atoms with van der Waals surface area (Å²) in [7, 11) is -3.58. The Balaban J connectivity index is 2.27. The Bertz CT molecular complexity index is 526. The van der Waals surface area contributed by atoms with Crippen LogP contribution in [0.3, 0.4) is 0 Å². The second kappa shape index (κ2) is 4.76. The van der Waals surface area contributed by atoms with E-state index in [4.69, 9.17) is 23.2 Å². The van der Waals surface area contributed by atoms with Gasteiger partial charge in [0, 0.05) is 6.04 Å². The van der Waals surface area contributed by atoms with Crippen LogP contribution in [-0.2, 0) is 10.0 Å². The van der Waals surface area contributed by atoms with Crippen molar-refractivity contribution < 1.29 is 8.42 Å². The molecule has 3 nitrogen and oxygen atoms in total. The van der Waals surface area contributed by atoms with Crippen LogP contribution in [0.4, 0.5) is 0 Å². The summed E-state index contributed by atoms with van der Waals surface area (Å²) >= 11 is 11.7. The van der Waals surface area contributed by atoms with E-state index >= 15 is 0 Å². The third kappa shape index (κ3) is 2.94. The average molecular weight is 294 g/mol. The van der Waals surface area contributed by atoms with Crippen LogP contribution in [0.1, 0.15) is 19.8 Å². The number of hydrogen-bond donors (Lipinski definition) is 1. The Morgan fingerprint density at radius 3 is 2.59 bits per heavy atom. The normalized spacial score (nSPS) is 18.1. The fourth-order valence-electron chi connectivity index (χ4n) is 1.69. The molecule has 0 heterocycles. The molecule has 6 heteroatoms. The molecular weight excluding hydrogens is 281 g/mol. The summed E-state index contributed by atoms with van der Waals surface area (Å²) in [6, 6.07) is 4.53. The molecule has 0 aromatic heterocycles. The first-order valence-corrected chi connectivity index (χ1v) is 7.62. The lowest BCUT2D eigenvalue weighted by Gasteiger charge is -2.14. The molecule has 94 valence electrons. The van der Waals surface area contributed by atoms with E-state index in [0.29, 0.717) is 5.92 Å². The predicted octanol–water partition coefficient (Wildman–Crippen LogP) is 3.07. The first kappa shape index (κ1) is 13.1. The maximum atomic E-state index is 12.1. The number of sulfonamides is 1. The van der Waals surface area contributed by atoms with Crippen molar-refractivity contribution in [1.82, 2.24) is 4.72 Å². The van der Waals surface area contributed by atoms with Gasteiger partial charge in [-0.05, 0) is 37.8 Å². The molecule has 1 saturated carbocycles. The van der Waals surface area contributed by atoms with Crippen molar-refractivity contribution in [2.24, 2.45) is 5.92 Å². The first-order valence-electron chi connectivity index (χ1n) is 5.38. The van der Waals surface area contributed by atoms with E-state index in [0.717, 1.165) is 12.8 Å². The molecule has 1 N–H and O–H groups in total. The van der Waals surface area contributed by atoms with Crippen molar-refractivity contribution in [3.05, 3.63) is 28.2 Å². The molecule has 1 aromatic carbocycles. The lowest BCUT2D eigenvalue weighted by atomic mass is 10.2. The smallest absolute Gasteiger partial charge is 0.208 e. The zero-order chi connectivity index (χ0) is 12.6. The van der Waals surface area contributed by atoms with Crippen molar-refractivity contribution in [3.63, 3.8) is 0 Å². The first-order chi connectivity index (χ1) is 7.92. The molecule has 0 radical (unpaired) electrons. The van der Waals surface area contributed by atoms with Crippen LogP contribution in [0.25, 0.3) is 0 Å². The molecule has 0 aliphatic heterocycles. The Morgan fingerprint density at radius 1 is 1.35 bits per heavy atom. The number of nitrogens with one attached hydrogen (secondary N) is 1. The van der Waals surface area contributed by atoms with Crippen LogP contribution in [-0.4, -0.2) is 14.5 Å². The lowest BCUT2D eigenvalue weighted by molar-refractivity contribution is 0.538. The minimum atomic E-state index is -3.58. The molecule has 0 bridgehead atoms. The van der Waals surface area contributed by atoms with Crippen LogP contribution < -0.4 is 4.72 Å². The maximum Gasteiger partial charge on any atom is 0.242 e. The van der Waals surface area contributed by atoms with Crippen LogP contribution in [0.2, 0.25) is 10.0 Å². The third-order valence-corrected chi connectivity index (χ3v) is 5.41. The van der Waals surface area contributed by atoms with E-state index in [2.05, 4.69) is 4.72 Å². The van der Waals surface area contributed by atoms with Gasteiger partial charge in [-0.3, -0.25) is 0 Å². The molecule has 1 aliphatic rings. The van der Waals surface area contributed by atoms with Gasteiger partial charge in [-0.2, -0.15) is 0 Å². The van der Waals surface area contributed by atoms with Crippen LogP contribution in [0.5, 0.6) is 0 Å². The monoisotopic (exact) mass is 293 g/mol. The molecule has 2 rings (SSSR count). The average Bonchev–Trinajstić information content (AvgIpc) is 3.04. The Labute approximate surface area is 111 Å². The highest BCUT2D eigenvalue weighted by atomic mass is 35.5. The molecule has 1 atom stereocenters. The molecular formula is C11H13Cl2NO2S. The van der Waals surface area contributed by atoms with Crippen LogP contribution in [0, 0.1) is 5.92 Å². The van der Waals surface area contributed by atoms with E-state index in [-0.39, 0.29) is 21.0 Å². The summed E-state index contributed by atoms with van der Waals surface area (Å²) in [5.41, 5.74) is 0. The molecule has 0 unspecified atom stereocenters. The van der Waals surface area contributed by atoms with Gasteiger partial charge in [-0.15, -0.1) is 0 Å². The van der Waals surface area contributed by atoms with Crippen molar-refractivity contribution in [2.45, 2.75) is 30.7 Å². The predicted molar refractivity (Wildman–Crippen MR) is 69.0 cm³/mol. The van der Waals surface area contributed by atoms with E-state index < -0.39 is 10.0 Å². The molecule has 0 amide bonds. The topological polar surface area (TPSA) is 46.2 Å². The summed E-state index contributed by atoms with van der Waals surface area (Å²) < 4.78 is 26.8. The number of rotatable bonds is 4. The van der Waals surface area contributed by atoms with Crippen LogP contribution >= 0.6 is 23.2 Å². The highest BCUT2D eigenvalue weighted by molar-refractivity contribution is 7.89. The summed E-state index contributed by atoms with van der Waals surface area (Å²) in [4.78, 5) is 0.0409. The van der Waals surface area contributed by atoms with E-state index in [1.807, 2.05) is 6.92 Å². The minimum Gasteiger partial charge on any atom is -0.208 e. The summed E-state index contributed by atoms with van der Waals surface area (Å²) in [6.45, 7) is 1.87. The second-order valence-corrected chi connectivity index (χ2v) is 6.77. The summed E-state index contributed by atoms with van der Waals surface area (Å²) in [6.07, 6.45) is 2.15. The zero-order valence-corrected chi connectivity index (χ0v) is 11.6. The van der Waals surface area contributed by atoms with Gasteiger partial charge in [0.15, 0.2) is 0 Å². The van der Waals surface area contributed by atoms with Crippen molar-refractivity contribution >= 4 is 33.2 Å². The van der Waals surface area contributed by atoms with Crippen molar-refractivity contribution in [2.75, 3.05) is 0 Å². The molecule has 0 saturated heterocycles. The van der Waals surface area contributed by atoms with Gasteiger partial charge in [0.25, 0.3) is 0 Å². The quantitative estimate of drug-likeness (QED) is 0.927. The SMILES string of the molecule is C[C@H](NS(=O)(=O)c1cccc(Cl)c1Cl)C1CC1. The van der Waals surface area contributed by atoms with Gasteiger partial charge < -0.3 is 0 Å². The van der Waals surface area contributed by atoms with Gasteiger partial charge in [0.1, 0.15) is 4.90 Å². The van der Waals surface area contributed by atoms with Gasteiger partial charge in [-0.25, -0.2) is 13.1 Å². The lowest BCUT2D eigenvalue weighted by Crippen LogP contribution is -2.34. The molecule has 17 heavy (non-hydrogen) atoms. The Morgan fingerprint density at radius 2 is 2.00 bits per heavy atom. The van der Waals surface area contributed by atoms with Gasteiger partial charge >= 0.3 is 0 Å². The minimum absolute atomic E-state index is 0.0409. The Kier molecular flexibility index (Phi) is 3.69. The fraction of sp³-hybridized carbons (Fsp3) is 0.455. The number of halogens is 2. The molecule has 1 fully saturated rings. The molecule has 1 aromatic rings. The maximum absolute atomic E-state index is 12.1. The summed E-state index contributed by atoms with van der Waals surface area (Å²) in [5.74, 6) is 0.447. The molecule has 1 aliphatic carbocycles.